The van der Waals surface area contributed by atoms with Crippen LogP contribution >= 0.6 is 0 Å². The molecule has 4 nitrogen and oxygen atoms in total. The quantitative estimate of drug-likeness (QED) is 0.399. The number of ketones is 1. The summed E-state index contributed by atoms with van der Waals surface area (Å²) >= 11 is 0. The summed E-state index contributed by atoms with van der Waals surface area (Å²) in [4.78, 5) is 18.5. The van der Waals surface area contributed by atoms with Crippen LogP contribution in [0, 0.1) is 13.8 Å². The van der Waals surface area contributed by atoms with Crippen molar-refractivity contribution in [1.29, 1.82) is 0 Å². The maximum absolute atomic E-state index is 13.7. The number of rotatable bonds is 3. The number of aryl methyl sites for hydroxylation is 2. The van der Waals surface area contributed by atoms with Gasteiger partial charge in [-0.1, -0.05) is 42.5 Å². The monoisotopic (exact) mass is 392 g/mol. The van der Waals surface area contributed by atoms with Gasteiger partial charge >= 0.3 is 0 Å². The summed E-state index contributed by atoms with van der Waals surface area (Å²) in [6.45, 7) is 4.09. The van der Waals surface area contributed by atoms with Gasteiger partial charge in [0.1, 0.15) is 5.75 Å². The number of fused-ring (bicyclic) bond motifs is 2. The van der Waals surface area contributed by atoms with E-state index in [9.17, 15) is 9.90 Å². The molecule has 0 amide bonds. The molecule has 0 bridgehead atoms. The van der Waals surface area contributed by atoms with Gasteiger partial charge in [-0.05, 0) is 72.1 Å². The summed E-state index contributed by atoms with van der Waals surface area (Å²) in [7, 11) is 0. The van der Waals surface area contributed by atoms with Crippen LogP contribution in [0.1, 0.15) is 27.3 Å². The summed E-state index contributed by atoms with van der Waals surface area (Å²) in [6, 6.07) is 24.5. The molecule has 4 heteroatoms. The molecule has 5 aromatic rings. The molecular formula is C26H20N2O2. The number of nitrogens with zero attached hydrogens (tertiary/aromatic N) is 2. The van der Waals surface area contributed by atoms with Gasteiger partial charge in [0.05, 0.1) is 11.0 Å². The number of carbonyl (C=O) groups excluding carboxylic acids is 1. The Morgan fingerprint density at radius 3 is 2.37 bits per heavy atom. The van der Waals surface area contributed by atoms with Crippen molar-refractivity contribution in [3.05, 3.63) is 101 Å². The van der Waals surface area contributed by atoms with Gasteiger partial charge in [0.15, 0.2) is 5.82 Å². The number of imidazole rings is 1. The van der Waals surface area contributed by atoms with Gasteiger partial charge in [-0.25, -0.2) is 4.98 Å². The van der Waals surface area contributed by atoms with E-state index in [4.69, 9.17) is 4.98 Å². The molecule has 0 fully saturated rings. The maximum atomic E-state index is 13.7. The van der Waals surface area contributed by atoms with Crippen molar-refractivity contribution in [2.75, 3.05) is 0 Å². The highest BCUT2D eigenvalue weighted by atomic mass is 16.3. The van der Waals surface area contributed by atoms with E-state index in [1.165, 1.54) is 0 Å². The highest BCUT2D eigenvalue weighted by Gasteiger charge is 2.22. The first-order valence-corrected chi connectivity index (χ1v) is 9.84. The summed E-state index contributed by atoms with van der Waals surface area (Å²) in [5.41, 5.74) is 5.30. The molecule has 146 valence electrons. The normalized spacial score (nSPS) is 11.3. The van der Waals surface area contributed by atoms with E-state index < -0.39 is 0 Å². The summed E-state index contributed by atoms with van der Waals surface area (Å²) in [5.74, 6) is 0.403. The van der Waals surface area contributed by atoms with Gasteiger partial charge in [0.2, 0.25) is 5.78 Å². The zero-order valence-electron chi connectivity index (χ0n) is 16.8. The van der Waals surface area contributed by atoms with E-state index in [1.54, 1.807) is 24.3 Å². The third kappa shape index (κ3) is 2.85. The maximum Gasteiger partial charge on any atom is 0.229 e. The Labute approximate surface area is 174 Å². The Hall–Kier alpha value is -3.92. The van der Waals surface area contributed by atoms with E-state index in [0.29, 0.717) is 11.4 Å². The van der Waals surface area contributed by atoms with Crippen molar-refractivity contribution in [3.63, 3.8) is 0 Å². The Balaban J connectivity index is 1.80. The summed E-state index contributed by atoms with van der Waals surface area (Å²) < 4.78 is 1.88. The van der Waals surface area contributed by atoms with E-state index >= 15 is 0 Å². The summed E-state index contributed by atoms with van der Waals surface area (Å²) in [5, 5.41) is 11.7. The fourth-order valence-electron chi connectivity index (χ4n) is 3.89. The van der Waals surface area contributed by atoms with Crippen molar-refractivity contribution in [2.45, 2.75) is 13.8 Å². The molecule has 4 aromatic carbocycles. The zero-order chi connectivity index (χ0) is 20.8. The Kier molecular flexibility index (Phi) is 4.14. The van der Waals surface area contributed by atoms with Crippen LogP contribution in [0.2, 0.25) is 0 Å². The molecule has 0 unspecified atom stereocenters. The topological polar surface area (TPSA) is 55.1 Å². The molecule has 1 heterocycles. The van der Waals surface area contributed by atoms with Crippen LogP contribution in [0.15, 0.2) is 78.9 Å². The fourth-order valence-corrected chi connectivity index (χ4v) is 3.89. The van der Waals surface area contributed by atoms with Crippen molar-refractivity contribution >= 4 is 27.6 Å². The van der Waals surface area contributed by atoms with Crippen LogP contribution in [-0.2, 0) is 0 Å². The average molecular weight is 392 g/mol. The lowest BCUT2D eigenvalue weighted by Crippen LogP contribution is -2.11. The van der Waals surface area contributed by atoms with Gasteiger partial charge < -0.3 is 5.11 Å². The standard InChI is InChI=1S/C26H20N2O2/c1-16-14-23-24(15-17(16)2)28(19-10-12-20(29)13-11-19)26(27-23)25(30)22-9-5-7-18-6-3-4-8-21(18)22/h3-15,29H,1-2H3. The zero-order valence-corrected chi connectivity index (χ0v) is 16.8. The molecule has 0 aliphatic carbocycles. The Bertz CT molecular complexity index is 1420. The number of phenolic OH excluding ortho intramolecular Hbond substituents is 1. The second kappa shape index (κ2) is 6.85. The molecule has 1 N–H and O–H groups in total. The lowest BCUT2D eigenvalue weighted by Gasteiger charge is -2.11. The lowest BCUT2D eigenvalue weighted by molar-refractivity contribution is 0.103. The number of aromatic hydroxyl groups is 1. The van der Waals surface area contributed by atoms with Crippen LogP contribution in [0.3, 0.4) is 0 Å². The van der Waals surface area contributed by atoms with Crippen molar-refractivity contribution in [1.82, 2.24) is 9.55 Å². The third-order valence-electron chi connectivity index (χ3n) is 5.62. The first-order chi connectivity index (χ1) is 14.5. The molecule has 1 aromatic heterocycles. The highest BCUT2D eigenvalue weighted by Crippen LogP contribution is 2.28. The lowest BCUT2D eigenvalue weighted by atomic mass is 10.0. The van der Waals surface area contributed by atoms with Crippen molar-refractivity contribution < 1.29 is 9.90 Å². The Morgan fingerprint density at radius 2 is 1.57 bits per heavy atom. The highest BCUT2D eigenvalue weighted by molar-refractivity contribution is 6.16. The van der Waals surface area contributed by atoms with Crippen LogP contribution < -0.4 is 0 Å². The van der Waals surface area contributed by atoms with Crippen molar-refractivity contribution in [3.8, 4) is 11.4 Å². The molecular weight excluding hydrogens is 372 g/mol. The van der Waals surface area contributed by atoms with Gasteiger partial charge in [0.25, 0.3) is 0 Å². The fraction of sp³-hybridized carbons (Fsp3) is 0.0769. The minimum absolute atomic E-state index is 0.133. The van der Waals surface area contributed by atoms with Crippen LogP contribution in [0.5, 0.6) is 5.75 Å². The smallest absolute Gasteiger partial charge is 0.229 e. The number of aromatic nitrogens is 2. The summed E-state index contributed by atoms with van der Waals surface area (Å²) in [6.07, 6.45) is 0. The first kappa shape index (κ1) is 18.1. The van der Waals surface area contributed by atoms with Crippen LogP contribution in [0.4, 0.5) is 0 Å². The minimum Gasteiger partial charge on any atom is -0.508 e. The number of carbonyl (C=O) groups is 1. The molecule has 0 saturated heterocycles. The van der Waals surface area contributed by atoms with Gasteiger partial charge in [0, 0.05) is 11.3 Å². The molecule has 0 aliphatic rings. The van der Waals surface area contributed by atoms with Gasteiger partial charge in [-0.3, -0.25) is 9.36 Å². The van der Waals surface area contributed by atoms with Crippen LogP contribution in [0.25, 0.3) is 27.5 Å². The number of hydrogen-bond donors (Lipinski definition) is 1. The van der Waals surface area contributed by atoms with E-state index in [2.05, 4.69) is 13.0 Å². The first-order valence-electron chi connectivity index (χ1n) is 9.84. The molecule has 0 saturated carbocycles. The predicted octanol–water partition coefficient (Wildman–Crippen LogP) is 5.73. The molecule has 0 aliphatic heterocycles. The average Bonchev–Trinajstić information content (AvgIpc) is 3.12. The molecule has 0 atom stereocenters. The SMILES string of the molecule is Cc1cc2nc(C(=O)c3cccc4ccccc34)n(-c3ccc(O)cc3)c2cc1C. The van der Waals surface area contributed by atoms with Gasteiger partial charge in [-0.2, -0.15) is 0 Å². The van der Waals surface area contributed by atoms with E-state index in [1.807, 2.05) is 60.0 Å². The molecule has 0 spiro atoms. The van der Waals surface area contributed by atoms with Gasteiger partial charge in [-0.15, -0.1) is 0 Å². The minimum atomic E-state index is -0.133. The molecule has 5 rings (SSSR count). The third-order valence-corrected chi connectivity index (χ3v) is 5.62. The molecule has 30 heavy (non-hydrogen) atoms. The van der Waals surface area contributed by atoms with Crippen LogP contribution in [-0.4, -0.2) is 20.4 Å². The second-order valence-electron chi connectivity index (χ2n) is 7.57. The largest absolute Gasteiger partial charge is 0.508 e. The number of benzene rings is 4. The molecule has 0 radical (unpaired) electrons. The number of phenols is 1. The Morgan fingerprint density at radius 1 is 0.867 bits per heavy atom. The van der Waals surface area contributed by atoms with E-state index in [-0.39, 0.29) is 11.5 Å². The second-order valence-corrected chi connectivity index (χ2v) is 7.57. The van der Waals surface area contributed by atoms with E-state index in [0.717, 1.165) is 38.6 Å². The van der Waals surface area contributed by atoms with Crippen molar-refractivity contribution in [2.24, 2.45) is 0 Å². The number of hydrogen-bond acceptors (Lipinski definition) is 3. The predicted molar refractivity (Wildman–Crippen MR) is 120 cm³/mol.